The third kappa shape index (κ3) is 8.93. The Balaban J connectivity index is 0.00000116. The van der Waals surface area contributed by atoms with Crippen molar-refractivity contribution in [3.8, 4) is 11.5 Å². The van der Waals surface area contributed by atoms with Gasteiger partial charge < -0.3 is 19.7 Å². The summed E-state index contributed by atoms with van der Waals surface area (Å²) in [6, 6.07) is 23.6. The van der Waals surface area contributed by atoms with E-state index in [9.17, 15) is 4.79 Å². The summed E-state index contributed by atoms with van der Waals surface area (Å²) < 4.78 is 10.9. The van der Waals surface area contributed by atoms with Crippen LogP contribution in [0.3, 0.4) is 0 Å². The maximum Gasteiger partial charge on any atom is 0.330 e. The molecule has 2 aliphatic rings. The standard InChI is InChI=1S/C33H36N6O3.2C2H6.CH4/c1-23-13-15-37(16-14-23)27-11-9-26(10-12-27)35-32-34-20-25-22-38(28-17-29(41-2)19-30(18-28)42-3)33(40)39(31(25)36-32)21-24-7-5-4-6-8-24;2*1-2;/h4-12,17-20,23H,13-16,21-22H2,1-3H3,(H,34,35,36);2*1-2H3;1H4. The zero-order chi connectivity index (χ0) is 33.1. The number of nitrogens with one attached hydrogen (secondary N) is 1. The van der Waals surface area contributed by atoms with Crippen LogP contribution < -0.4 is 29.5 Å². The molecule has 4 aromatic rings. The molecule has 1 N–H and O–H groups in total. The van der Waals surface area contributed by atoms with E-state index in [-0.39, 0.29) is 13.5 Å². The van der Waals surface area contributed by atoms with Gasteiger partial charge in [-0.3, -0.25) is 9.80 Å². The van der Waals surface area contributed by atoms with Crippen molar-refractivity contribution in [3.63, 3.8) is 0 Å². The van der Waals surface area contributed by atoms with Gasteiger partial charge in [0.2, 0.25) is 5.95 Å². The third-order valence-electron chi connectivity index (χ3n) is 7.99. The van der Waals surface area contributed by atoms with Gasteiger partial charge in [0.15, 0.2) is 0 Å². The van der Waals surface area contributed by atoms with Crippen molar-refractivity contribution >= 4 is 34.9 Å². The van der Waals surface area contributed by atoms with Gasteiger partial charge in [0.05, 0.1) is 33.0 Å². The summed E-state index contributed by atoms with van der Waals surface area (Å²) in [7, 11) is 3.19. The highest BCUT2D eigenvalue weighted by molar-refractivity contribution is 6.05. The molecular weight excluding hydrogens is 588 g/mol. The number of carbonyl (C=O) groups is 1. The number of fused-ring (bicyclic) bond motifs is 1. The van der Waals surface area contributed by atoms with Gasteiger partial charge in [-0.2, -0.15) is 4.98 Å². The SMILES string of the molecule is C.CC.CC.COc1cc(OC)cc(N2Cc3cnc(Nc4ccc(N5CCC(C)CC5)cc4)nc3N(Cc3ccccc3)C2=O)c1. The normalized spacial score (nSPS) is 14.0. The van der Waals surface area contributed by atoms with Gasteiger partial charge in [-0.05, 0) is 48.6 Å². The van der Waals surface area contributed by atoms with Crippen LogP contribution in [0.5, 0.6) is 11.5 Å². The summed E-state index contributed by atoms with van der Waals surface area (Å²) >= 11 is 0. The van der Waals surface area contributed by atoms with Crippen molar-refractivity contribution in [2.75, 3.05) is 47.3 Å². The molecule has 9 nitrogen and oxygen atoms in total. The van der Waals surface area contributed by atoms with E-state index in [1.165, 1.54) is 18.5 Å². The van der Waals surface area contributed by atoms with E-state index in [2.05, 4.69) is 46.4 Å². The highest BCUT2D eigenvalue weighted by Crippen LogP contribution is 2.36. The van der Waals surface area contributed by atoms with Gasteiger partial charge in [0, 0.05) is 54.4 Å². The summed E-state index contributed by atoms with van der Waals surface area (Å²) in [6.07, 6.45) is 4.25. The highest BCUT2D eigenvalue weighted by atomic mass is 16.5. The van der Waals surface area contributed by atoms with E-state index in [0.717, 1.165) is 35.8 Å². The molecule has 0 aliphatic carbocycles. The van der Waals surface area contributed by atoms with E-state index in [1.807, 2.05) is 70.2 Å². The Morgan fingerprint density at radius 3 is 2.06 bits per heavy atom. The Kier molecular flexibility index (Phi) is 13.9. The number of methoxy groups -OCH3 is 2. The zero-order valence-corrected chi connectivity index (χ0v) is 28.3. The number of hydrogen-bond donors (Lipinski definition) is 1. The molecule has 0 atom stereocenters. The molecule has 0 saturated carbocycles. The summed E-state index contributed by atoms with van der Waals surface area (Å²) in [6.45, 7) is 13.2. The number of anilines is 5. The predicted molar refractivity (Wildman–Crippen MR) is 196 cm³/mol. The molecule has 0 spiro atoms. The molecule has 2 amide bonds. The molecule has 0 radical (unpaired) electrons. The number of ether oxygens (including phenoxy) is 2. The van der Waals surface area contributed by atoms with Crippen LogP contribution in [0.1, 0.15) is 66.0 Å². The largest absolute Gasteiger partial charge is 0.497 e. The molecule has 1 aromatic heterocycles. The van der Waals surface area contributed by atoms with Crippen molar-refractivity contribution < 1.29 is 14.3 Å². The van der Waals surface area contributed by atoms with E-state index >= 15 is 0 Å². The molecule has 1 fully saturated rings. The van der Waals surface area contributed by atoms with Gasteiger partial charge >= 0.3 is 6.03 Å². The lowest BCUT2D eigenvalue weighted by Gasteiger charge is -2.36. The molecule has 0 bridgehead atoms. The molecule has 47 heavy (non-hydrogen) atoms. The van der Waals surface area contributed by atoms with Gasteiger partial charge in [-0.25, -0.2) is 9.78 Å². The fourth-order valence-corrected chi connectivity index (χ4v) is 5.49. The summed E-state index contributed by atoms with van der Waals surface area (Å²) in [5.74, 6) is 3.03. The Bertz CT molecular complexity index is 1520. The van der Waals surface area contributed by atoms with Crippen LogP contribution in [0, 0.1) is 5.92 Å². The fraction of sp³-hybridized carbons (Fsp3) is 0.395. The minimum Gasteiger partial charge on any atom is -0.497 e. The summed E-state index contributed by atoms with van der Waals surface area (Å²) in [4.78, 5) is 29.4. The lowest BCUT2D eigenvalue weighted by molar-refractivity contribution is 0.249. The Hall–Kier alpha value is -4.79. The fourth-order valence-electron chi connectivity index (χ4n) is 5.49. The van der Waals surface area contributed by atoms with Crippen molar-refractivity contribution in [1.29, 1.82) is 0 Å². The van der Waals surface area contributed by atoms with Crippen LogP contribution in [-0.2, 0) is 13.1 Å². The molecule has 9 heteroatoms. The van der Waals surface area contributed by atoms with Gasteiger partial charge in [0.1, 0.15) is 17.3 Å². The minimum absolute atomic E-state index is 0. The monoisotopic (exact) mass is 640 g/mol. The quantitative estimate of drug-likeness (QED) is 0.205. The van der Waals surface area contributed by atoms with Crippen molar-refractivity contribution in [3.05, 3.63) is 90.1 Å². The number of benzene rings is 3. The van der Waals surface area contributed by atoms with Crippen LogP contribution in [0.2, 0.25) is 0 Å². The van der Waals surface area contributed by atoms with E-state index in [4.69, 9.17) is 14.5 Å². The first-order chi connectivity index (χ1) is 22.5. The maximum absolute atomic E-state index is 14.1. The van der Waals surface area contributed by atoms with Crippen molar-refractivity contribution in [1.82, 2.24) is 9.97 Å². The summed E-state index contributed by atoms with van der Waals surface area (Å²) in [5.41, 5.74) is 4.63. The van der Waals surface area contributed by atoms with Crippen LogP contribution in [0.25, 0.3) is 0 Å². The van der Waals surface area contributed by atoms with Crippen molar-refractivity contribution in [2.24, 2.45) is 5.92 Å². The molecule has 3 aromatic carbocycles. The first kappa shape index (κ1) is 36.7. The van der Waals surface area contributed by atoms with E-state index in [0.29, 0.717) is 42.0 Å². The average molecular weight is 641 g/mol. The second-order valence-corrected chi connectivity index (χ2v) is 10.9. The van der Waals surface area contributed by atoms with Gasteiger partial charge in [-0.15, -0.1) is 0 Å². The topological polar surface area (TPSA) is 83.1 Å². The van der Waals surface area contributed by atoms with Crippen molar-refractivity contribution in [2.45, 2.75) is 68.0 Å². The van der Waals surface area contributed by atoms with Gasteiger partial charge in [-0.1, -0.05) is 72.4 Å². The number of piperidine rings is 1. The summed E-state index contributed by atoms with van der Waals surface area (Å²) in [5, 5.41) is 3.34. The smallest absolute Gasteiger partial charge is 0.330 e. The number of hydrogen-bond acceptors (Lipinski definition) is 7. The maximum atomic E-state index is 14.1. The molecule has 2 aliphatic heterocycles. The lowest BCUT2D eigenvalue weighted by atomic mass is 9.99. The van der Waals surface area contributed by atoms with Gasteiger partial charge in [0.25, 0.3) is 0 Å². The lowest BCUT2D eigenvalue weighted by Crippen LogP contribution is -2.47. The Morgan fingerprint density at radius 1 is 0.851 bits per heavy atom. The van der Waals surface area contributed by atoms with Crippen LogP contribution in [0.4, 0.5) is 33.6 Å². The Morgan fingerprint density at radius 2 is 1.47 bits per heavy atom. The highest BCUT2D eigenvalue weighted by Gasteiger charge is 2.34. The van der Waals surface area contributed by atoms with Crippen LogP contribution >= 0.6 is 0 Å². The number of carbonyl (C=O) groups excluding carboxylic acids is 1. The van der Waals surface area contributed by atoms with E-state index < -0.39 is 0 Å². The van der Waals surface area contributed by atoms with E-state index in [1.54, 1.807) is 36.3 Å². The number of amides is 2. The number of aromatic nitrogens is 2. The molecule has 3 heterocycles. The average Bonchev–Trinajstić information content (AvgIpc) is 3.12. The zero-order valence-electron chi connectivity index (χ0n) is 28.3. The number of rotatable bonds is 8. The number of nitrogens with zero attached hydrogens (tertiary/aromatic N) is 5. The number of urea groups is 1. The second kappa shape index (κ2) is 17.8. The third-order valence-corrected chi connectivity index (χ3v) is 7.99. The molecule has 1 saturated heterocycles. The molecule has 252 valence electrons. The first-order valence-electron chi connectivity index (χ1n) is 16.3. The minimum atomic E-state index is -0.188. The molecule has 6 rings (SSSR count). The molecular formula is C38H52N6O3. The molecule has 0 unspecified atom stereocenters. The predicted octanol–water partition coefficient (Wildman–Crippen LogP) is 9.31. The Labute approximate surface area is 281 Å². The second-order valence-electron chi connectivity index (χ2n) is 10.9. The van der Waals surface area contributed by atoms with Crippen LogP contribution in [0.15, 0.2) is 79.0 Å². The van der Waals surface area contributed by atoms with Crippen LogP contribution in [-0.4, -0.2) is 43.3 Å². The first-order valence-corrected chi connectivity index (χ1v) is 16.3.